The standard InChI is InChI=1S/C8H9IN2/c1-5-4-6-7(9)2-3-10-8(6)11-5/h2-3,5H,4H2,1H3,(H,10,11)/t5-/m0/s1. The van der Waals surface area contributed by atoms with E-state index in [9.17, 15) is 0 Å². The number of hydrogen-bond acceptors (Lipinski definition) is 2. The highest BCUT2D eigenvalue weighted by atomic mass is 127. The number of nitrogens with one attached hydrogen (secondary N) is 1. The molecule has 0 fully saturated rings. The zero-order valence-electron chi connectivity index (χ0n) is 6.26. The Bertz CT molecular complexity index is 285. The second-order valence-corrected chi connectivity index (χ2v) is 4.03. The van der Waals surface area contributed by atoms with Gasteiger partial charge >= 0.3 is 0 Å². The molecule has 1 aromatic rings. The third-order valence-corrected chi connectivity index (χ3v) is 2.90. The number of aromatic nitrogens is 1. The van der Waals surface area contributed by atoms with Gasteiger partial charge in [0.05, 0.1) is 0 Å². The van der Waals surface area contributed by atoms with E-state index in [2.05, 4.69) is 45.9 Å². The molecule has 3 heteroatoms. The second kappa shape index (κ2) is 2.62. The van der Waals surface area contributed by atoms with E-state index in [1.54, 1.807) is 0 Å². The number of anilines is 1. The topological polar surface area (TPSA) is 24.9 Å². The molecule has 0 aromatic carbocycles. The van der Waals surface area contributed by atoms with Crippen LogP contribution in [0.2, 0.25) is 0 Å². The second-order valence-electron chi connectivity index (χ2n) is 2.87. The highest BCUT2D eigenvalue weighted by molar-refractivity contribution is 14.1. The lowest BCUT2D eigenvalue weighted by Crippen LogP contribution is -2.08. The van der Waals surface area contributed by atoms with Crippen LogP contribution >= 0.6 is 22.6 Å². The highest BCUT2D eigenvalue weighted by Crippen LogP contribution is 2.26. The Morgan fingerprint density at radius 1 is 1.73 bits per heavy atom. The van der Waals surface area contributed by atoms with Crippen molar-refractivity contribution in [2.75, 3.05) is 5.32 Å². The molecule has 0 aliphatic carbocycles. The van der Waals surface area contributed by atoms with Crippen molar-refractivity contribution >= 4 is 28.4 Å². The maximum absolute atomic E-state index is 4.25. The van der Waals surface area contributed by atoms with Crippen molar-refractivity contribution in [2.45, 2.75) is 19.4 Å². The molecular formula is C8H9IN2. The molecule has 0 spiro atoms. The van der Waals surface area contributed by atoms with E-state index in [-0.39, 0.29) is 0 Å². The van der Waals surface area contributed by atoms with Gasteiger partial charge in [-0.1, -0.05) is 0 Å². The molecular weight excluding hydrogens is 251 g/mol. The van der Waals surface area contributed by atoms with Crippen molar-refractivity contribution in [1.82, 2.24) is 4.98 Å². The molecule has 2 heterocycles. The molecule has 0 unspecified atom stereocenters. The quantitative estimate of drug-likeness (QED) is 0.722. The van der Waals surface area contributed by atoms with Crippen LogP contribution in [0.3, 0.4) is 0 Å². The van der Waals surface area contributed by atoms with Gasteiger partial charge in [0.25, 0.3) is 0 Å². The van der Waals surface area contributed by atoms with Gasteiger partial charge in [0.15, 0.2) is 0 Å². The summed E-state index contributed by atoms with van der Waals surface area (Å²) in [6.45, 7) is 2.18. The monoisotopic (exact) mass is 260 g/mol. The van der Waals surface area contributed by atoms with E-state index in [1.807, 2.05) is 6.20 Å². The van der Waals surface area contributed by atoms with E-state index < -0.39 is 0 Å². The smallest absolute Gasteiger partial charge is 0.130 e. The number of hydrogen-bond donors (Lipinski definition) is 1. The molecule has 0 saturated carbocycles. The summed E-state index contributed by atoms with van der Waals surface area (Å²) in [4.78, 5) is 4.25. The van der Waals surface area contributed by atoms with Crippen LogP contribution < -0.4 is 5.32 Å². The Hall–Kier alpha value is -0.320. The predicted molar refractivity (Wildman–Crippen MR) is 53.7 cm³/mol. The summed E-state index contributed by atoms with van der Waals surface area (Å²) in [5, 5.41) is 3.32. The van der Waals surface area contributed by atoms with Crippen LogP contribution in [0.25, 0.3) is 0 Å². The summed E-state index contributed by atoms with van der Waals surface area (Å²) in [6, 6.07) is 2.60. The summed E-state index contributed by atoms with van der Waals surface area (Å²) >= 11 is 2.36. The number of nitrogens with zero attached hydrogens (tertiary/aromatic N) is 1. The molecule has 2 rings (SSSR count). The van der Waals surface area contributed by atoms with Crippen LogP contribution in [-0.4, -0.2) is 11.0 Å². The number of rotatable bonds is 0. The molecule has 1 N–H and O–H groups in total. The third kappa shape index (κ3) is 1.21. The molecule has 0 bridgehead atoms. The van der Waals surface area contributed by atoms with Crippen LogP contribution in [0.1, 0.15) is 12.5 Å². The van der Waals surface area contributed by atoms with Gasteiger partial charge in [-0.15, -0.1) is 0 Å². The van der Waals surface area contributed by atoms with Gasteiger partial charge in [-0.2, -0.15) is 0 Å². The van der Waals surface area contributed by atoms with E-state index >= 15 is 0 Å². The van der Waals surface area contributed by atoms with Crippen molar-refractivity contribution in [3.05, 3.63) is 21.4 Å². The Morgan fingerprint density at radius 3 is 3.27 bits per heavy atom. The van der Waals surface area contributed by atoms with Crippen LogP contribution in [-0.2, 0) is 6.42 Å². The lowest BCUT2D eigenvalue weighted by molar-refractivity contribution is 0.836. The number of pyridine rings is 1. The predicted octanol–water partition coefficient (Wildman–Crippen LogP) is 2.04. The van der Waals surface area contributed by atoms with Gasteiger partial charge in [-0.25, -0.2) is 4.98 Å². The average Bonchev–Trinajstić information content (AvgIpc) is 2.31. The lowest BCUT2D eigenvalue weighted by atomic mass is 10.2. The summed E-state index contributed by atoms with van der Waals surface area (Å²) in [7, 11) is 0. The van der Waals surface area contributed by atoms with Crippen LogP contribution in [0.15, 0.2) is 12.3 Å². The minimum atomic E-state index is 0.549. The van der Waals surface area contributed by atoms with Crippen molar-refractivity contribution < 1.29 is 0 Å². The van der Waals surface area contributed by atoms with Crippen molar-refractivity contribution in [1.29, 1.82) is 0 Å². The summed E-state index contributed by atoms with van der Waals surface area (Å²) < 4.78 is 1.32. The summed E-state index contributed by atoms with van der Waals surface area (Å²) in [6.07, 6.45) is 2.97. The Kier molecular flexibility index (Phi) is 1.75. The average molecular weight is 260 g/mol. The first kappa shape index (κ1) is 7.34. The van der Waals surface area contributed by atoms with Crippen LogP contribution in [0.5, 0.6) is 0 Å². The molecule has 0 radical (unpaired) electrons. The van der Waals surface area contributed by atoms with Crippen LogP contribution in [0, 0.1) is 3.57 Å². The molecule has 2 nitrogen and oxygen atoms in total. The van der Waals surface area contributed by atoms with Gasteiger partial charge in [-0.3, -0.25) is 0 Å². The van der Waals surface area contributed by atoms with Gasteiger partial charge in [0.2, 0.25) is 0 Å². The molecule has 0 amide bonds. The van der Waals surface area contributed by atoms with E-state index in [0.717, 1.165) is 12.2 Å². The minimum Gasteiger partial charge on any atom is -0.367 e. The fourth-order valence-corrected chi connectivity index (χ4v) is 2.01. The first-order valence-corrected chi connectivity index (χ1v) is 4.75. The van der Waals surface area contributed by atoms with E-state index in [1.165, 1.54) is 9.13 Å². The minimum absolute atomic E-state index is 0.549. The lowest BCUT2D eigenvalue weighted by Gasteiger charge is -1.99. The molecule has 1 atom stereocenters. The molecule has 11 heavy (non-hydrogen) atoms. The molecule has 1 aromatic heterocycles. The summed E-state index contributed by atoms with van der Waals surface area (Å²) in [5.74, 6) is 1.07. The van der Waals surface area contributed by atoms with Gasteiger partial charge in [-0.05, 0) is 42.0 Å². The fourth-order valence-electron chi connectivity index (χ4n) is 1.38. The first-order chi connectivity index (χ1) is 5.27. The Morgan fingerprint density at radius 2 is 2.55 bits per heavy atom. The first-order valence-electron chi connectivity index (χ1n) is 3.67. The van der Waals surface area contributed by atoms with Crippen LogP contribution in [0.4, 0.5) is 5.82 Å². The SMILES string of the molecule is C[C@H]1Cc2c(I)ccnc2N1. The maximum atomic E-state index is 4.25. The molecule has 0 saturated heterocycles. The normalized spacial score (nSPS) is 21.1. The van der Waals surface area contributed by atoms with Crippen molar-refractivity contribution in [3.8, 4) is 0 Å². The molecule has 58 valence electrons. The highest BCUT2D eigenvalue weighted by Gasteiger charge is 2.19. The Labute approximate surface area is 79.6 Å². The molecule has 1 aliphatic heterocycles. The number of halogens is 1. The maximum Gasteiger partial charge on any atom is 0.130 e. The zero-order valence-corrected chi connectivity index (χ0v) is 8.42. The zero-order chi connectivity index (χ0) is 7.84. The molecule has 1 aliphatic rings. The van der Waals surface area contributed by atoms with E-state index in [0.29, 0.717) is 6.04 Å². The Balaban J connectivity index is 2.49. The number of fused-ring (bicyclic) bond motifs is 1. The largest absolute Gasteiger partial charge is 0.367 e. The van der Waals surface area contributed by atoms with Gasteiger partial charge in [0.1, 0.15) is 5.82 Å². The van der Waals surface area contributed by atoms with Gasteiger partial charge in [0, 0.05) is 21.4 Å². The third-order valence-electron chi connectivity index (χ3n) is 1.89. The van der Waals surface area contributed by atoms with Crippen molar-refractivity contribution in [3.63, 3.8) is 0 Å². The van der Waals surface area contributed by atoms with Gasteiger partial charge < -0.3 is 5.32 Å². The van der Waals surface area contributed by atoms with Crippen molar-refractivity contribution in [2.24, 2.45) is 0 Å². The fraction of sp³-hybridized carbons (Fsp3) is 0.375. The van der Waals surface area contributed by atoms with E-state index in [4.69, 9.17) is 0 Å². The summed E-state index contributed by atoms with van der Waals surface area (Å²) in [5.41, 5.74) is 1.38.